The van der Waals surface area contributed by atoms with Gasteiger partial charge in [-0.1, -0.05) is 6.07 Å². The molecule has 4 nitrogen and oxygen atoms in total. The zero-order chi connectivity index (χ0) is 10.8. The number of alkyl halides is 2. The summed E-state index contributed by atoms with van der Waals surface area (Å²) in [5.41, 5.74) is -0.411. The summed E-state index contributed by atoms with van der Waals surface area (Å²) in [6.07, 6.45) is -1.56. The zero-order valence-electron chi connectivity index (χ0n) is 7.60. The first kappa shape index (κ1) is 9.70. The van der Waals surface area contributed by atoms with E-state index < -0.39 is 18.0 Å². The Hall–Kier alpha value is -1.85. The highest BCUT2D eigenvalue weighted by molar-refractivity contribution is 6.13. The van der Waals surface area contributed by atoms with Gasteiger partial charge >= 0.3 is 0 Å². The smallest absolute Gasteiger partial charge is 0.272 e. The van der Waals surface area contributed by atoms with Gasteiger partial charge in [-0.25, -0.2) is 13.8 Å². The van der Waals surface area contributed by atoms with Crippen molar-refractivity contribution in [2.45, 2.75) is 12.8 Å². The summed E-state index contributed by atoms with van der Waals surface area (Å²) in [5.74, 6) is -0.220. The number of amides is 1. The molecule has 0 aromatic carbocycles. The van der Waals surface area contributed by atoms with E-state index in [-0.39, 0.29) is 12.2 Å². The summed E-state index contributed by atoms with van der Waals surface area (Å²) < 4.78 is 24.5. The maximum atomic E-state index is 12.3. The van der Waals surface area contributed by atoms with Gasteiger partial charge in [-0.2, -0.15) is 10.1 Å². The van der Waals surface area contributed by atoms with Crippen molar-refractivity contribution in [3.63, 3.8) is 0 Å². The molecule has 0 atom stereocenters. The summed E-state index contributed by atoms with van der Waals surface area (Å²) in [5, 5.41) is 4.43. The molecule has 0 saturated heterocycles. The van der Waals surface area contributed by atoms with E-state index in [9.17, 15) is 13.6 Å². The summed E-state index contributed by atoms with van der Waals surface area (Å²) in [6.45, 7) is 0. The molecule has 0 bridgehead atoms. The second kappa shape index (κ2) is 3.72. The molecule has 0 spiro atoms. The number of carbonyl (C=O) groups is 1. The molecule has 0 fully saturated rings. The number of carbonyl (C=O) groups excluding carboxylic acids is 1. The van der Waals surface area contributed by atoms with Crippen LogP contribution in [0.3, 0.4) is 0 Å². The highest BCUT2D eigenvalue weighted by atomic mass is 19.3. The van der Waals surface area contributed by atoms with E-state index in [2.05, 4.69) is 10.1 Å². The van der Waals surface area contributed by atoms with E-state index in [1.165, 1.54) is 12.3 Å². The molecular weight excluding hydrogens is 204 g/mol. The molecule has 1 aliphatic rings. The molecule has 2 rings (SSSR count). The third-order valence-electron chi connectivity index (χ3n) is 1.92. The zero-order valence-corrected chi connectivity index (χ0v) is 7.60. The van der Waals surface area contributed by atoms with Gasteiger partial charge in [-0.15, -0.1) is 0 Å². The van der Waals surface area contributed by atoms with Gasteiger partial charge in [0.25, 0.3) is 12.3 Å². The van der Waals surface area contributed by atoms with Crippen molar-refractivity contribution >= 4 is 17.4 Å². The average Bonchev–Trinajstić information content (AvgIpc) is 2.62. The lowest BCUT2D eigenvalue weighted by molar-refractivity contribution is -0.117. The highest BCUT2D eigenvalue weighted by Gasteiger charge is 2.30. The Morgan fingerprint density at radius 2 is 2.20 bits per heavy atom. The maximum absolute atomic E-state index is 12.3. The van der Waals surface area contributed by atoms with Gasteiger partial charge in [-0.3, -0.25) is 4.79 Å². The fourth-order valence-corrected chi connectivity index (χ4v) is 1.23. The van der Waals surface area contributed by atoms with Crippen LogP contribution < -0.4 is 5.01 Å². The van der Waals surface area contributed by atoms with Crippen LogP contribution in [0.2, 0.25) is 0 Å². The third kappa shape index (κ3) is 1.83. The second-order valence-electron chi connectivity index (χ2n) is 2.96. The first-order valence-electron chi connectivity index (χ1n) is 4.28. The fourth-order valence-electron chi connectivity index (χ4n) is 1.23. The van der Waals surface area contributed by atoms with Crippen LogP contribution in [0.15, 0.2) is 29.5 Å². The molecule has 15 heavy (non-hydrogen) atoms. The second-order valence-corrected chi connectivity index (χ2v) is 2.96. The normalized spacial score (nSPS) is 16.1. The van der Waals surface area contributed by atoms with Crippen LogP contribution in [0.25, 0.3) is 0 Å². The molecule has 0 radical (unpaired) electrons. The van der Waals surface area contributed by atoms with Gasteiger partial charge in [0.2, 0.25) is 0 Å². The minimum atomic E-state index is -2.69. The van der Waals surface area contributed by atoms with Gasteiger partial charge in [0.05, 0.1) is 6.42 Å². The molecule has 0 aliphatic carbocycles. The number of nitrogens with zero attached hydrogens (tertiary/aromatic N) is 3. The minimum Gasteiger partial charge on any atom is -0.272 e. The molecular formula is C9H7F2N3O. The van der Waals surface area contributed by atoms with Crippen LogP contribution >= 0.6 is 0 Å². The lowest BCUT2D eigenvalue weighted by atomic mass is 10.3. The molecule has 0 saturated carbocycles. The summed E-state index contributed by atoms with van der Waals surface area (Å²) in [4.78, 5) is 15.2. The molecule has 6 heteroatoms. The van der Waals surface area contributed by atoms with Gasteiger partial charge in [0, 0.05) is 6.20 Å². The van der Waals surface area contributed by atoms with E-state index >= 15 is 0 Å². The minimum absolute atomic E-state index is 0.262. The number of hydrazone groups is 1. The molecule has 0 N–H and O–H groups in total. The number of anilines is 1. The quantitative estimate of drug-likeness (QED) is 0.743. The predicted octanol–water partition coefficient (Wildman–Crippen LogP) is 1.44. The van der Waals surface area contributed by atoms with E-state index in [0.717, 1.165) is 5.01 Å². The van der Waals surface area contributed by atoms with Gasteiger partial charge in [0.15, 0.2) is 5.82 Å². The van der Waals surface area contributed by atoms with Crippen molar-refractivity contribution in [2.75, 3.05) is 5.01 Å². The topological polar surface area (TPSA) is 45.6 Å². The molecule has 2 heterocycles. The van der Waals surface area contributed by atoms with Crippen molar-refractivity contribution in [1.82, 2.24) is 4.98 Å². The molecule has 1 aliphatic heterocycles. The summed E-state index contributed by atoms with van der Waals surface area (Å²) >= 11 is 0. The van der Waals surface area contributed by atoms with Crippen molar-refractivity contribution in [2.24, 2.45) is 5.10 Å². The number of hydrogen-bond acceptors (Lipinski definition) is 3. The van der Waals surface area contributed by atoms with Crippen molar-refractivity contribution in [1.29, 1.82) is 0 Å². The lowest BCUT2D eigenvalue weighted by Gasteiger charge is -2.08. The van der Waals surface area contributed by atoms with Crippen LogP contribution in [0.4, 0.5) is 14.6 Å². The number of rotatable bonds is 2. The van der Waals surface area contributed by atoms with Crippen LogP contribution in [-0.2, 0) is 4.79 Å². The molecule has 1 amide bonds. The highest BCUT2D eigenvalue weighted by Crippen LogP contribution is 2.19. The number of halogens is 2. The van der Waals surface area contributed by atoms with Crippen molar-refractivity contribution in [3.05, 3.63) is 24.4 Å². The van der Waals surface area contributed by atoms with E-state index in [0.29, 0.717) is 0 Å². The van der Waals surface area contributed by atoms with E-state index in [1.807, 2.05) is 0 Å². The fraction of sp³-hybridized carbons (Fsp3) is 0.222. The Morgan fingerprint density at radius 1 is 1.40 bits per heavy atom. The van der Waals surface area contributed by atoms with Crippen LogP contribution in [0.5, 0.6) is 0 Å². The Labute approximate surface area is 84.2 Å². The monoisotopic (exact) mass is 211 g/mol. The van der Waals surface area contributed by atoms with Gasteiger partial charge in [-0.05, 0) is 12.1 Å². The average molecular weight is 211 g/mol. The summed E-state index contributed by atoms with van der Waals surface area (Å²) in [7, 11) is 0. The SMILES string of the molecule is O=C1CC(C(F)F)=NN1c1ccccn1. The standard InChI is InChI=1S/C9H7F2N3O/c10-9(11)6-5-8(15)14(13-6)7-3-1-2-4-12-7/h1-4,9H,5H2. The van der Waals surface area contributed by atoms with Crippen LogP contribution in [-0.4, -0.2) is 23.0 Å². The van der Waals surface area contributed by atoms with Crippen LogP contribution in [0.1, 0.15) is 6.42 Å². The first-order chi connectivity index (χ1) is 7.18. The molecule has 1 aromatic rings. The van der Waals surface area contributed by atoms with Gasteiger partial charge < -0.3 is 0 Å². The first-order valence-corrected chi connectivity index (χ1v) is 4.28. The molecule has 0 unspecified atom stereocenters. The van der Waals surface area contributed by atoms with Crippen LogP contribution in [0, 0.1) is 0 Å². The van der Waals surface area contributed by atoms with E-state index in [1.54, 1.807) is 12.1 Å². The predicted molar refractivity (Wildman–Crippen MR) is 49.8 cm³/mol. The molecule has 78 valence electrons. The Kier molecular flexibility index (Phi) is 2.40. The van der Waals surface area contributed by atoms with Crippen molar-refractivity contribution in [3.8, 4) is 0 Å². The number of hydrogen-bond donors (Lipinski definition) is 0. The maximum Gasteiger partial charge on any atom is 0.278 e. The van der Waals surface area contributed by atoms with E-state index in [4.69, 9.17) is 0 Å². The number of pyridine rings is 1. The molecule has 1 aromatic heterocycles. The Morgan fingerprint density at radius 3 is 2.73 bits per heavy atom. The largest absolute Gasteiger partial charge is 0.278 e. The summed E-state index contributed by atoms with van der Waals surface area (Å²) in [6, 6.07) is 4.86. The lowest BCUT2D eigenvalue weighted by Crippen LogP contribution is -2.20. The van der Waals surface area contributed by atoms with Gasteiger partial charge in [0.1, 0.15) is 5.71 Å². The Bertz CT molecular complexity index is 405. The Balaban J connectivity index is 2.28. The third-order valence-corrected chi connectivity index (χ3v) is 1.92. The van der Waals surface area contributed by atoms with Crippen molar-refractivity contribution < 1.29 is 13.6 Å². The number of aromatic nitrogens is 1.